The van der Waals surface area contributed by atoms with Crippen LogP contribution in [0.4, 0.5) is 0 Å². The van der Waals surface area contributed by atoms with Gasteiger partial charge in [-0.15, -0.1) is 0 Å². The topological polar surface area (TPSA) is 66.8 Å². The van der Waals surface area contributed by atoms with Gasteiger partial charge in [0.25, 0.3) is 5.91 Å². The summed E-state index contributed by atoms with van der Waals surface area (Å²) in [6.45, 7) is 5.35. The Bertz CT molecular complexity index is 293. The molecule has 5 nitrogen and oxygen atoms in total. The highest BCUT2D eigenvalue weighted by Gasteiger charge is 2.30. The molecule has 1 fully saturated rings. The maximum Gasteiger partial charge on any atom is 0.308 e. The monoisotopic (exact) mass is 257 g/mol. The Labute approximate surface area is 108 Å². The Morgan fingerprint density at radius 3 is 2.83 bits per heavy atom. The molecule has 1 amide bonds. The molecule has 0 aromatic carbocycles. The molecule has 0 saturated carbocycles. The third-order valence-electron chi connectivity index (χ3n) is 3.30. The minimum Gasteiger partial charge on any atom is -0.481 e. The van der Waals surface area contributed by atoms with Crippen LogP contribution < -0.4 is 0 Å². The van der Waals surface area contributed by atoms with Crippen molar-refractivity contribution in [2.24, 2.45) is 5.92 Å². The van der Waals surface area contributed by atoms with Crippen LogP contribution in [0.2, 0.25) is 0 Å². The maximum absolute atomic E-state index is 12.1. The molecule has 0 unspecified atom stereocenters. The number of aliphatic carboxylic acids is 1. The molecule has 0 radical (unpaired) electrons. The number of unbranched alkanes of at least 4 members (excludes halogenated alkanes) is 1. The summed E-state index contributed by atoms with van der Waals surface area (Å²) in [5, 5.41) is 8.98. The van der Waals surface area contributed by atoms with E-state index in [1.165, 1.54) is 0 Å². The summed E-state index contributed by atoms with van der Waals surface area (Å²) in [4.78, 5) is 24.6. The van der Waals surface area contributed by atoms with Crippen molar-refractivity contribution < 1.29 is 19.4 Å². The van der Waals surface area contributed by atoms with Gasteiger partial charge in [0.15, 0.2) is 0 Å². The number of rotatable bonds is 6. The lowest BCUT2D eigenvalue weighted by molar-refractivity contribution is -0.150. The smallest absolute Gasteiger partial charge is 0.308 e. The molecular formula is C13H23NO4. The SMILES string of the molecule is CCCCO[C@H](C)C(=O)N1CCC[C@@H](C(=O)O)C1. The van der Waals surface area contributed by atoms with Crippen LogP contribution in [0.5, 0.6) is 0 Å². The van der Waals surface area contributed by atoms with Gasteiger partial charge in [-0.05, 0) is 26.2 Å². The van der Waals surface area contributed by atoms with Crippen LogP contribution in [0.3, 0.4) is 0 Å². The summed E-state index contributed by atoms with van der Waals surface area (Å²) < 4.78 is 5.45. The van der Waals surface area contributed by atoms with E-state index in [0.29, 0.717) is 26.1 Å². The average Bonchev–Trinajstić information content (AvgIpc) is 2.38. The summed E-state index contributed by atoms with van der Waals surface area (Å²) in [5.74, 6) is -1.32. The van der Waals surface area contributed by atoms with Crippen molar-refractivity contribution in [2.45, 2.75) is 45.6 Å². The van der Waals surface area contributed by atoms with E-state index in [4.69, 9.17) is 9.84 Å². The zero-order valence-corrected chi connectivity index (χ0v) is 11.2. The molecule has 0 spiro atoms. The molecule has 0 aromatic heterocycles. The largest absolute Gasteiger partial charge is 0.481 e. The van der Waals surface area contributed by atoms with Crippen molar-refractivity contribution in [1.82, 2.24) is 4.90 Å². The highest BCUT2D eigenvalue weighted by atomic mass is 16.5. The number of nitrogens with zero attached hydrogens (tertiary/aromatic N) is 1. The molecule has 104 valence electrons. The molecule has 1 N–H and O–H groups in total. The highest BCUT2D eigenvalue weighted by molar-refractivity contribution is 5.81. The van der Waals surface area contributed by atoms with E-state index in [1.54, 1.807) is 11.8 Å². The molecule has 5 heteroatoms. The fourth-order valence-corrected chi connectivity index (χ4v) is 2.11. The number of carbonyl (C=O) groups excluding carboxylic acids is 1. The predicted molar refractivity (Wildman–Crippen MR) is 67.3 cm³/mol. The second-order valence-electron chi connectivity index (χ2n) is 4.83. The van der Waals surface area contributed by atoms with Gasteiger partial charge in [0.1, 0.15) is 6.10 Å². The molecule has 1 rings (SSSR count). The van der Waals surface area contributed by atoms with Crippen LogP contribution in [0.15, 0.2) is 0 Å². The maximum atomic E-state index is 12.1. The predicted octanol–water partition coefficient (Wildman–Crippen LogP) is 1.51. The number of carbonyl (C=O) groups is 2. The summed E-state index contributed by atoms with van der Waals surface area (Å²) in [5.41, 5.74) is 0. The number of hydrogen-bond donors (Lipinski definition) is 1. The fourth-order valence-electron chi connectivity index (χ4n) is 2.11. The zero-order valence-electron chi connectivity index (χ0n) is 11.2. The first-order valence-electron chi connectivity index (χ1n) is 6.69. The van der Waals surface area contributed by atoms with Crippen molar-refractivity contribution in [3.8, 4) is 0 Å². The molecular weight excluding hydrogens is 234 g/mol. The van der Waals surface area contributed by atoms with Gasteiger partial charge in [-0.2, -0.15) is 0 Å². The number of hydrogen-bond acceptors (Lipinski definition) is 3. The summed E-state index contributed by atoms with van der Waals surface area (Å²) in [7, 11) is 0. The molecule has 2 atom stereocenters. The Balaban J connectivity index is 2.42. The van der Waals surface area contributed by atoms with Gasteiger partial charge in [-0.3, -0.25) is 9.59 Å². The number of likely N-dealkylation sites (tertiary alicyclic amines) is 1. The van der Waals surface area contributed by atoms with E-state index in [1.807, 2.05) is 0 Å². The molecule has 18 heavy (non-hydrogen) atoms. The Kier molecular flexibility index (Phi) is 6.12. The minimum atomic E-state index is -0.813. The second-order valence-corrected chi connectivity index (χ2v) is 4.83. The first-order chi connectivity index (χ1) is 8.56. The van der Waals surface area contributed by atoms with Crippen molar-refractivity contribution in [3.63, 3.8) is 0 Å². The van der Waals surface area contributed by atoms with Crippen LogP contribution in [0, 0.1) is 5.92 Å². The van der Waals surface area contributed by atoms with Gasteiger partial charge in [0.2, 0.25) is 0 Å². The van der Waals surface area contributed by atoms with E-state index in [2.05, 4.69) is 6.92 Å². The van der Waals surface area contributed by atoms with Crippen molar-refractivity contribution in [3.05, 3.63) is 0 Å². The molecule has 1 aliphatic rings. The van der Waals surface area contributed by atoms with Crippen LogP contribution in [0.1, 0.15) is 39.5 Å². The van der Waals surface area contributed by atoms with E-state index >= 15 is 0 Å². The summed E-state index contributed by atoms with van der Waals surface area (Å²) in [6, 6.07) is 0. The van der Waals surface area contributed by atoms with Gasteiger partial charge in [-0.1, -0.05) is 13.3 Å². The van der Waals surface area contributed by atoms with Gasteiger partial charge in [-0.25, -0.2) is 0 Å². The lowest BCUT2D eigenvalue weighted by atomic mass is 9.98. The van der Waals surface area contributed by atoms with Gasteiger partial charge >= 0.3 is 5.97 Å². The van der Waals surface area contributed by atoms with Crippen LogP contribution in [-0.2, 0) is 14.3 Å². The van der Waals surface area contributed by atoms with E-state index in [9.17, 15) is 9.59 Å². The van der Waals surface area contributed by atoms with Crippen molar-refractivity contribution in [2.75, 3.05) is 19.7 Å². The number of carboxylic acid groups (broad SMARTS) is 1. The van der Waals surface area contributed by atoms with Crippen LogP contribution >= 0.6 is 0 Å². The van der Waals surface area contributed by atoms with Crippen molar-refractivity contribution in [1.29, 1.82) is 0 Å². The number of amides is 1. The molecule has 0 aliphatic carbocycles. The third-order valence-corrected chi connectivity index (χ3v) is 3.30. The fraction of sp³-hybridized carbons (Fsp3) is 0.846. The number of ether oxygens (including phenoxy) is 1. The van der Waals surface area contributed by atoms with E-state index in [-0.39, 0.29) is 5.91 Å². The Hall–Kier alpha value is -1.10. The van der Waals surface area contributed by atoms with Gasteiger partial charge < -0.3 is 14.7 Å². The van der Waals surface area contributed by atoms with Crippen LogP contribution in [-0.4, -0.2) is 47.7 Å². The summed E-state index contributed by atoms with van der Waals surface area (Å²) in [6.07, 6.45) is 2.92. The van der Waals surface area contributed by atoms with E-state index < -0.39 is 18.0 Å². The minimum absolute atomic E-state index is 0.0861. The van der Waals surface area contributed by atoms with E-state index in [0.717, 1.165) is 19.3 Å². The number of carboxylic acids is 1. The average molecular weight is 257 g/mol. The van der Waals surface area contributed by atoms with Gasteiger partial charge in [0, 0.05) is 19.7 Å². The summed E-state index contributed by atoms with van der Waals surface area (Å²) >= 11 is 0. The Morgan fingerprint density at radius 2 is 2.22 bits per heavy atom. The third kappa shape index (κ3) is 4.29. The quantitative estimate of drug-likeness (QED) is 0.732. The highest BCUT2D eigenvalue weighted by Crippen LogP contribution is 2.17. The molecule has 0 aromatic rings. The van der Waals surface area contributed by atoms with Gasteiger partial charge in [0.05, 0.1) is 5.92 Å². The molecule has 1 saturated heterocycles. The Morgan fingerprint density at radius 1 is 1.50 bits per heavy atom. The first-order valence-corrected chi connectivity index (χ1v) is 6.69. The molecule has 1 heterocycles. The standard InChI is InChI=1S/C13H23NO4/c1-3-4-8-18-10(2)12(15)14-7-5-6-11(9-14)13(16)17/h10-11H,3-9H2,1-2H3,(H,16,17)/t10-,11-/m1/s1. The number of piperidine rings is 1. The van der Waals surface area contributed by atoms with Crippen molar-refractivity contribution >= 4 is 11.9 Å². The lowest BCUT2D eigenvalue weighted by Crippen LogP contribution is -2.46. The lowest BCUT2D eigenvalue weighted by Gasteiger charge is -2.32. The molecule has 0 bridgehead atoms. The molecule has 1 aliphatic heterocycles. The van der Waals surface area contributed by atoms with Crippen LogP contribution in [0.25, 0.3) is 0 Å². The first kappa shape index (κ1) is 15.0. The normalized spacial score (nSPS) is 21.7. The zero-order chi connectivity index (χ0) is 13.5. The second kappa shape index (κ2) is 7.36.